The van der Waals surface area contributed by atoms with E-state index in [1.54, 1.807) is 12.1 Å². The van der Waals surface area contributed by atoms with Gasteiger partial charge in [-0.25, -0.2) is 8.42 Å². The summed E-state index contributed by atoms with van der Waals surface area (Å²) in [5.41, 5.74) is 1.00. The van der Waals surface area contributed by atoms with Crippen LogP contribution in [0.1, 0.15) is 24.8 Å². The Hall–Kier alpha value is -1.58. The highest BCUT2D eigenvalue weighted by Crippen LogP contribution is 2.48. The molecule has 1 aliphatic heterocycles. The molecule has 3 rings (SSSR count). The zero-order valence-corrected chi connectivity index (χ0v) is 14.8. The molecule has 0 radical (unpaired) electrons. The highest BCUT2D eigenvalue weighted by atomic mass is 32.2. The lowest BCUT2D eigenvalue weighted by Gasteiger charge is -2.28. The molecule has 0 amide bonds. The predicted octanol–water partition coefficient (Wildman–Crippen LogP) is 2.44. The van der Waals surface area contributed by atoms with Crippen molar-refractivity contribution in [3.05, 3.63) is 29.8 Å². The van der Waals surface area contributed by atoms with E-state index in [4.69, 9.17) is 10.00 Å². The molecule has 1 aromatic rings. The van der Waals surface area contributed by atoms with Gasteiger partial charge in [0.15, 0.2) is 16.0 Å². The molecule has 130 valence electrons. The van der Waals surface area contributed by atoms with Crippen LogP contribution in [-0.4, -0.2) is 39.3 Å². The molecule has 24 heavy (non-hydrogen) atoms. The van der Waals surface area contributed by atoms with Gasteiger partial charge >= 0.3 is 0 Å². The summed E-state index contributed by atoms with van der Waals surface area (Å²) in [6.07, 6.45) is 6.94. The maximum atomic E-state index is 11.4. The molecule has 1 heterocycles. The van der Waals surface area contributed by atoms with E-state index < -0.39 is 9.84 Å². The molecule has 0 N–H and O–H groups in total. The average molecular weight is 348 g/mol. The van der Waals surface area contributed by atoms with Gasteiger partial charge in [0.25, 0.3) is 0 Å². The minimum atomic E-state index is -3.13. The van der Waals surface area contributed by atoms with Gasteiger partial charge in [-0.2, -0.15) is 5.26 Å². The first kappa shape index (κ1) is 17.2. The third-order valence-corrected chi connectivity index (χ3v) is 6.34. The maximum absolute atomic E-state index is 11.4. The predicted molar refractivity (Wildman–Crippen MR) is 90.7 cm³/mol. The summed E-state index contributed by atoms with van der Waals surface area (Å²) >= 11 is 0. The van der Waals surface area contributed by atoms with Crippen LogP contribution in [0.15, 0.2) is 29.2 Å². The average Bonchev–Trinajstić information content (AvgIpc) is 3.34. The second-order valence-corrected chi connectivity index (χ2v) is 9.03. The van der Waals surface area contributed by atoms with Crippen molar-refractivity contribution in [1.29, 1.82) is 5.26 Å². The van der Waals surface area contributed by atoms with Gasteiger partial charge in [-0.05, 0) is 54.7 Å². The second kappa shape index (κ2) is 7.12. The number of hydrogen-bond donors (Lipinski definition) is 0. The highest BCUT2D eigenvalue weighted by molar-refractivity contribution is 7.90. The van der Waals surface area contributed by atoms with Crippen LogP contribution in [0.3, 0.4) is 0 Å². The van der Waals surface area contributed by atoms with E-state index >= 15 is 0 Å². The van der Waals surface area contributed by atoms with Crippen molar-refractivity contribution < 1.29 is 13.2 Å². The normalized spacial score (nSPS) is 24.6. The molecule has 2 atom stereocenters. The maximum Gasteiger partial charge on any atom is 0.179 e. The Morgan fingerprint density at radius 1 is 1.25 bits per heavy atom. The first-order valence-corrected chi connectivity index (χ1v) is 10.4. The molecule has 0 bridgehead atoms. The Bertz CT molecular complexity index is 701. The van der Waals surface area contributed by atoms with Crippen LogP contribution in [0.25, 0.3) is 0 Å². The van der Waals surface area contributed by atoms with Gasteiger partial charge in [-0.15, -0.1) is 0 Å². The minimum absolute atomic E-state index is 0.345. The van der Waals surface area contributed by atoms with Crippen LogP contribution in [0.2, 0.25) is 0 Å². The fourth-order valence-electron chi connectivity index (χ4n) is 3.63. The van der Waals surface area contributed by atoms with Crippen molar-refractivity contribution in [2.45, 2.75) is 30.8 Å². The lowest BCUT2D eigenvalue weighted by molar-refractivity contribution is 0.102. The van der Waals surface area contributed by atoms with E-state index in [0.717, 1.165) is 49.9 Å². The second-order valence-electron chi connectivity index (χ2n) is 7.02. The Morgan fingerprint density at radius 2 is 1.92 bits per heavy atom. The molecule has 0 unspecified atom stereocenters. The number of rotatable bonds is 6. The molecule has 0 spiro atoms. The van der Waals surface area contributed by atoms with E-state index in [1.165, 1.54) is 12.7 Å². The number of nitrogens with zero attached hydrogens (tertiary/aromatic N) is 2. The summed E-state index contributed by atoms with van der Waals surface area (Å²) < 4.78 is 28.7. The van der Waals surface area contributed by atoms with Crippen LogP contribution in [0.4, 0.5) is 0 Å². The number of nitriles is 1. The Labute approximate surface area is 144 Å². The van der Waals surface area contributed by atoms with Crippen molar-refractivity contribution >= 4 is 9.84 Å². The van der Waals surface area contributed by atoms with Crippen molar-refractivity contribution in [3.63, 3.8) is 0 Å². The Morgan fingerprint density at radius 3 is 2.50 bits per heavy atom. The number of hydrogen-bond acceptors (Lipinski definition) is 5. The van der Waals surface area contributed by atoms with Gasteiger partial charge in [-0.1, -0.05) is 12.1 Å². The monoisotopic (exact) mass is 348 g/mol. The van der Waals surface area contributed by atoms with Gasteiger partial charge in [0.05, 0.1) is 18.1 Å². The van der Waals surface area contributed by atoms with Gasteiger partial charge in [0, 0.05) is 19.3 Å². The summed E-state index contributed by atoms with van der Waals surface area (Å²) in [5, 5.41) is 8.89. The van der Waals surface area contributed by atoms with Crippen molar-refractivity contribution in [2.24, 2.45) is 17.8 Å². The Kier molecular flexibility index (Phi) is 5.12. The molecule has 2 fully saturated rings. The van der Waals surface area contributed by atoms with Crippen molar-refractivity contribution in [3.8, 4) is 6.19 Å². The van der Waals surface area contributed by atoms with Crippen molar-refractivity contribution in [1.82, 2.24) is 4.90 Å². The standard InChI is InChI=1S/C18H24N2O3S/c1-24(21,22)17-4-2-14(3-5-17)11-23-12-16-10-18(16)15-6-8-20(13-19)9-7-15/h2-5,15-16,18H,6-12H2,1H3/t16-,18+/m0/s1. The number of likely N-dealkylation sites (tertiary alicyclic amines) is 1. The van der Waals surface area contributed by atoms with Crippen LogP contribution >= 0.6 is 0 Å². The summed E-state index contributed by atoms with van der Waals surface area (Å²) in [5.74, 6) is 2.16. The molecule has 1 aromatic carbocycles. The fraction of sp³-hybridized carbons (Fsp3) is 0.611. The molecular formula is C18H24N2O3S. The third kappa shape index (κ3) is 4.28. The molecule has 1 saturated heterocycles. The summed E-state index contributed by atoms with van der Waals surface area (Å²) in [6, 6.07) is 6.91. The van der Waals surface area contributed by atoms with Gasteiger partial charge in [0.2, 0.25) is 0 Å². The zero-order chi connectivity index (χ0) is 17.2. The van der Waals surface area contributed by atoms with Crippen LogP contribution in [0, 0.1) is 29.2 Å². The largest absolute Gasteiger partial charge is 0.376 e. The molecule has 1 saturated carbocycles. The van der Waals surface area contributed by atoms with Gasteiger partial charge in [0.1, 0.15) is 0 Å². The molecule has 0 aromatic heterocycles. The van der Waals surface area contributed by atoms with E-state index in [-0.39, 0.29) is 0 Å². The van der Waals surface area contributed by atoms with E-state index in [2.05, 4.69) is 6.19 Å². The van der Waals surface area contributed by atoms with Crippen LogP contribution in [-0.2, 0) is 21.2 Å². The SMILES string of the molecule is CS(=O)(=O)c1ccc(COC[C@@H]2C[C@@H]2C2CCN(C#N)CC2)cc1. The first-order valence-electron chi connectivity index (χ1n) is 8.49. The molecule has 5 nitrogen and oxygen atoms in total. The van der Waals surface area contributed by atoms with E-state index in [0.29, 0.717) is 17.4 Å². The van der Waals surface area contributed by atoms with Crippen molar-refractivity contribution in [2.75, 3.05) is 26.0 Å². The summed E-state index contributed by atoms with van der Waals surface area (Å²) in [6.45, 7) is 3.10. The highest BCUT2D eigenvalue weighted by Gasteiger charge is 2.43. The smallest absolute Gasteiger partial charge is 0.179 e. The third-order valence-electron chi connectivity index (χ3n) is 5.22. The number of piperidine rings is 1. The number of sulfone groups is 1. The number of benzene rings is 1. The zero-order valence-electron chi connectivity index (χ0n) is 14.0. The molecule has 6 heteroatoms. The lowest BCUT2D eigenvalue weighted by Crippen LogP contribution is -2.30. The molecule has 1 aliphatic carbocycles. The lowest BCUT2D eigenvalue weighted by atomic mass is 9.91. The summed E-state index contributed by atoms with van der Waals surface area (Å²) in [4.78, 5) is 2.20. The van der Waals surface area contributed by atoms with Crippen LogP contribution in [0.5, 0.6) is 0 Å². The first-order chi connectivity index (χ1) is 11.5. The summed E-state index contributed by atoms with van der Waals surface area (Å²) in [7, 11) is -3.13. The molecular weight excluding hydrogens is 324 g/mol. The topological polar surface area (TPSA) is 70.4 Å². The fourth-order valence-corrected chi connectivity index (χ4v) is 4.26. The van der Waals surface area contributed by atoms with Gasteiger partial charge in [-0.3, -0.25) is 0 Å². The van der Waals surface area contributed by atoms with E-state index in [1.807, 2.05) is 17.0 Å². The molecule has 2 aliphatic rings. The van der Waals surface area contributed by atoms with Gasteiger partial charge < -0.3 is 9.64 Å². The van der Waals surface area contributed by atoms with Crippen LogP contribution < -0.4 is 0 Å². The quantitative estimate of drug-likeness (QED) is 0.739. The minimum Gasteiger partial charge on any atom is -0.376 e. The number of ether oxygens (including phenoxy) is 1. The Balaban J connectivity index is 1.38. The van der Waals surface area contributed by atoms with E-state index in [9.17, 15) is 8.42 Å².